The molecule has 0 saturated carbocycles. The van der Waals surface area contributed by atoms with E-state index in [9.17, 15) is 0 Å². The standard InChI is InChI=1S/C15H18ClN3/c1-2-11-7-9-19(10-8-11)15-13-6-4-3-5-12(13)14(16)17-18-15/h3-6,11H,2,7-10H2,1H3. The van der Waals surface area contributed by atoms with Gasteiger partial charge < -0.3 is 4.90 Å². The van der Waals surface area contributed by atoms with Crippen LogP contribution in [0.4, 0.5) is 5.82 Å². The molecule has 3 rings (SSSR count). The summed E-state index contributed by atoms with van der Waals surface area (Å²) in [5, 5.41) is 11.0. The molecule has 0 aliphatic carbocycles. The van der Waals surface area contributed by atoms with Crippen molar-refractivity contribution in [3.05, 3.63) is 29.4 Å². The molecule has 0 unspecified atom stereocenters. The number of halogens is 1. The Hall–Kier alpha value is -1.35. The number of hydrogen-bond acceptors (Lipinski definition) is 3. The van der Waals surface area contributed by atoms with Crippen LogP contribution in [0.1, 0.15) is 26.2 Å². The van der Waals surface area contributed by atoms with Gasteiger partial charge >= 0.3 is 0 Å². The molecule has 1 aromatic heterocycles. The zero-order valence-corrected chi connectivity index (χ0v) is 11.9. The summed E-state index contributed by atoms with van der Waals surface area (Å²) >= 11 is 6.12. The van der Waals surface area contributed by atoms with Crippen molar-refractivity contribution in [1.82, 2.24) is 10.2 Å². The van der Waals surface area contributed by atoms with Crippen molar-refractivity contribution < 1.29 is 0 Å². The first kappa shape index (κ1) is 12.7. The van der Waals surface area contributed by atoms with Gasteiger partial charge in [-0.3, -0.25) is 0 Å². The molecule has 1 fully saturated rings. The summed E-state index contributed by atoms with van der Waals surface area (Å²) in [5.74, 6) is 1.84. The fourth-order valence-corrected chi connectivity index (χ4v) is 3.05. The number of nitrogens with zero attached hydrogens (tertiary/aromatic N) is 3. The van der Waals surface area contributed by atoms with E-state index in [1.54, 1.807) is 0 Å². The van der Waals surface area contributed by atoms with Crippen molar-refractivity contribution in [1.29, 1.82) is 0 Å². The Labute approximate surface area is 118 Å². The van der Waals surface area contributed by atoms with Gasteiger partial charge in [0.25, 0.3) is 0 Å². The summed E-state index contributed by atoms with van der Waals surface area (Å²) in [7, 11) is 0. The summed E-state index contributed by atoms with van der Waals surface area (Å²) < 4.78 is 0. The van der Waals surface area contributed by atoms with Crippen LogP contribution < -0.4 is 4.90 Å². The van der Waals surface area contributed by atoms with E-state index < -0.39 is 0 Å². The first-order chi connectivity index (χ1) is 9.29. The van der Waals surface area contributed by atoms with E-state index in [0.29, 0.717) is 5.15 Å². The number of aromatic nitrogens is 2. The van der Waals surface area contributed by atoms with Crippen molar-refractivity contribution in [2.75, 3.05) is 18.0 Å². The summed E-state index contributed by atoms with van der Waals surface area (Å²) in [6.45, 7) is 4.41. The third-order valence-corrected chi connectivity index (χ3v) is 4.39. The molecule has 0 radical (unpaired) electrons. The van der Waals surface area contributed by atoms with E-state index in [2.05, 4.69) is 28.1 Å². The fourth-order valence-electron chi connectivity index (χ4n) is 2.84. The molecule has 1 saturated heterocycles. The van der Waals surface area contributed by atoms with Crippen LogP contribution in [0.15, 0.2) is 24.3 Å². The highest BCUT2D eigenvalue weighted by Crippen LogP contribution is 2.31. The maximum absolute atomic E-state index is 6.12. The Morgan fingerprint density at radius 3 is 2.53 bits per heavy atom. The Kier molecular flexibility index (Phi) is 3.56. The predicted octanol–water partition coefficient (Wildman–Crippen LogP) is 3.91. The van der Waals surface area contributed by atoms with Gasteiger partial charge in [-0.15, -0.1) is 10.2 Å². The SMILES string of the molecule is CCC1CCN(c2nnc(Cl)c3ccccc23)CC1. The normalized spacial score (nSPS) is 17.1. The lowest BCUT2D eigenvalue weighted by Crippen LogP contribution is -2.34. The molecule has 1 aliphatic heterocycles. The van der Waals surface area contributed by atoms with Crippen molar-refractivity contribution >= 4 is 28.2 Å². The Balaban J connectivity index is 1.95. The number of fused-ring (bicyclic) bond motifs is 1. The summed E-state index contributed by atoms with van der Waals surface area (Å²) in [6, 6.07) is 8.11. The fraction of sp³-hybridized carbons (Fsp3) is 0.467. The summed E-state index contributed by atoms with van der Waals surface area (Å²) in [4.78, 5) is 2.35. The molecule has 4 heteroatoms. The van der Waals surface area contributed by atoms with E-state index in [1.165, 1.54) is 19.3 Å². The molecular weight excluding hydrogens is 258 g/mol. The number of anilines is 1. The van der Waals surface area contributed by atoms with Gasteiger partial charge in [0.1, 0.15) is 0 Å². The molecular formula is C15H18ClN3. The Morgan fingerprint density at radius 2 is 1.84 bits per heavy atom. The molecule has 100 valence electrons. The molecule has 0 spiro atoms. The van der Waals surface area contributed by atoms with Gasteiger partial charge in [0.05, 0.1) is 0 Å². The Bertz CT molecular complexity index is 577. The van der Waals surface area contributed by atoms with Crippen LogP contribution in [0.2, 0.25) is 5.15 Å². The molecule has 19 heavy (non-hydrogen) atoms. The van der Waals surface area contributed by atoms with Gasteiger partial charge in [-0.25, -0.2) is 0 Å². The summed E-state index contributed by atoms with van der Waals surface area (Å²) in [6.07, 6.45) is 3.77. The van der Waals surface area contributed by atoms with Crippen LogP contribution in [-0.2, 0) is 0 Å². The lowest BCUT2D eigenvalue weighted by Gasteiger charge is -2.32. The van der Waals surface area contributed by atoms with Crippen molar-refractivity contribution in [2.45, 2.75) is 26.2 Å². The second-order valence-electron chi connectivity index (χ2n) is 5.20. The molecule has 0 amide bonds. The largest absolute Gasteiger partial charge is 0.355 e. The zero-order chi connectivity index (χ0) is 13.2. The molecule has 0 atom stereocenters. The third kappa shape index (κ3) is 2.39. The number of rotatable bonds is 2. The van der Waals surface area contributed by atoms with E-state index in [0.717, 1.165) is 35.6 Å². The number of piperidine rings is 1. The van der Waals surface area contributed by atoms with Crippen LogP contribution >= 0.6 is 11.6 Å². The topological polar surface area (TPSA) is 29.0 Å². The minimum Gasteiger partial charge on any atom is -0.355 e. The average Bonchev–Trinajstić information content (AvgIpc) is 2.48. The molecule has 0 bridgehead atoms. The third-order valence-electron chi connectivity index (χ3n) is 4.11. The highest BCUT2D eigenvalue weighted by atomic mass is 35.5. The number of hydrogen-bond donors (Lipinski definition) is 0. The van der Waals surface area contributed by atoms with Crippen LogP contribution in [0.3, 0.4) is 0 Å². The van der Waals surface area contributed by atoms with Crippen LogP contribution in [-0.4, -0.2) is 23.3 Å². The van der Waals surface area contributed by atoms with E-state index >= 15 is 0 Å². The first-order valence-electron chi connectivity index (χ1n) is 6.95. The minimum absolute atomic E-state index is 0.489. The van der Waals surface area contributed by atoms with Crippen molar-refractivity contribution in [2.24, 2.45) is 5.92 Å². The zero-order valence-electron chi connectivity index (χ0n) is 11.1. The Morgan fingerprint density at radius 1 is 1.16 bits per heavy atom. The monoisotopic (exact) mass is 275 g/mol. The van der Waals surface area contributed by atoms with E-state index in [-0.39, 0.29) is 0 Å². The van der Waals surface area contributed by atoms with E-state index in [1.807, 2.05) is 18.2 Å². The van der Waals surface area contributed by atoms with Gasteiger partial charge in [0.2, 0.25) is 0 Å². The van der Waals surface area contributed by atoms with E-state index in [4.69, 9.17) is 11.6 Å². The maximum atomic E-state index is 6.12. The molecule has 3 nitrogen and oxygen atoms in total. The van der Waals surface area contributed by atoms with Crippen molar-refractivity contribution in [3.63, 3.8) is 0 Å². The van der Waals surface area contributed by atoms with Gasteiger partial charge in [0, 0.05) is 23.9 Å². The van der Waals surface area contributed by atoms with Crippen LogP contribution in [0, 0.1) is 5.92 Å². The smallest absolute Gasteiger partial charge is 0.159 e. The molecule has 0 N–H and O–H groups in total. The van der Waals surface area contributed by atoms with Gasteiger partial charge in [-0.05, 0) is 18.8 Å². The lowest BCUT2D eigenvalue weighted by molar-refractivity contribution is 0.394. The van der Waals surface area contributed by atoms with Crippen LogP contribution in [0.5, 0.6) is 0 Å². The molecule has 2 aromatic rings. The van der Waals surface area contributed by atoms with Gasteiger partial charge in [-0.1, -0.05) is 49.2 Å². The minimum atomic E-state index is 0.489. The highest BCUT2D eigenvalue weighted by molar-refractivity contribution is 6.34. The second kappa shape index (κ2) is 5.33. The quantitative estimate of drug-likeness (QED) is 0.832. The van der Waals surface area contributed by atoms with Crippen LogP contribution in [0.25, 0.3) is 10.8 Å². The van der Waals surface area contributed by atoms with Crippen molar-refractivity contribution in [3.8, 4) is 0 Å². The average molecular weight is 276 g/mol. The molecule has 1 aromatic carbocycles. The second-order valence-corrected chi connectivity index (χ2v) is 5.56. The van der Waals surface area contributed by atoms with Gasteiger partial charge in [0.15, 0.2) is 11.0 Å². The van der Waals surface area contributed by atoms with Gasteiger partial charge in [-0.2, -0.15) is 0 Å². The molecule has 2 heterocycles. The predicted molar refractivity (Wildman–Crippen MR) is 79.8 cm³/mol. The maximum Gasteiger partial charge on any atom is 0.159 e. The summed E-state index contributed by atoms with van der Waals surface area (Å²) in [5.41, 5.74) is 0. The lowest BCUT2D eigenvalue weighted by atomic mass is 9.94. The highest BCUT2D eigenvalue weighted by Gasteiger charge is 2.21. The number of benzene rings is 1. The first-order valence-corrected chi connectivity index (χ1v) is 7.33. The molecule has 1 aliphatic rings.